The first-order valence-corrected chi connectivity index (χ1v) is 4.48. The normalized spacial score (nSPS) is 13.9. The lowest BCUT2D eigenvalue weighted by Gasteiger charge is -2.02. The monoisotopic (exact) mass is 203 g/mol. The quantitative estimate of drug-likeness (QED) is 0.657. The minimum Gasteiger partial charge on any atom is -0.379 e. The molecule has 1 aliphatic rings. The molecule has 0 aliphatic carbocycles. The van der Waals surface area contributed by atoms with Crippen LogP contribution in [0.25, 0.3) is 0 Å². The summed E-state index contributed by atoms with van der Waals surface area (Å²) in [5, 5.41) is 2.47. The summed E-state index contributed by atoms with van der Waals surface area (Å²) in [6.07, 6.45) is 3.17. The SMILES string of the molecule is C=C1C=NC(C(=O)NC(N)=C=CC)=C1C. The van der Waals surface area contributed by atoms with Gasteiger partial charge in [-0.3, -0.25) is 9.79 Å². The summed E-state index contributed by atoms with van der Waals surface area (Å²) in [6, 6.07) is 0. The summed E-state index contributed by atoms with van der Waals surface area (Å²) >= 11 is 0. The molecule has 78 valence electrons. The minimum absolute atomic E-state index is 0.176. The van der Waals surface area contributed by atoms with Gasteiger partial charge in [0.15, 0.2) is 0 Å². The third-order valence-corrected chi connectivity index (χ3v) is 1.95. The molecule has 0 fully saturated rings. The highest BCUT2D eigenvalue weighted by Crippen LogP contribution is 2.18. The van der Waals surface area contributed by atoms with E-state index in [4.69, 9.17) is 5.73 Å². The zero-order valence-electron chi connectivity index (χ0n) is 8.79. The van der Waals surface area contributed by atoms with E-state index in [-0.39, 0.29) is 11.7 Å². The molecule has 4 heteroatoms. The zero-order chi connectivity index (χ0) is 11.4. The molecule has 0 aromatic rings. The van der Waals surface area contributed by atoms with Crippen LogP contribution in [0.5, 0.6) is 0 Å². The molecule has 15 heavy (non-hydrogen) atoms. The summed E-state index contributed by atoms with van der Waals surface area (Å²) in [5.41, 5.74) is 10.0. The van der Waals surface area contributed by atoms with Crippen LogP contribution < -0.4 is 11.1 Å². The Hall–Kier alpha value is -2.06. The van der Waals surface area contributed by atoms with Crippen LogP contribution in [0.3, 0.4) is 0 Å². The molecule has 1 aliphatic heterocycles. The summed E-state index contributed by atoms with van der Waals surface area (Å²) in [7, 11) is 0. The average Bonchev–Trinajstić information content (AvgIpc) is 2.48. The number of carbonyl (C=O) groups is 1. The van der Waals surface area contributed by atoms with Gasteiger partial charge in [0.25, 0.3) is 5.91 Å². The predicted octanol–water partition coefficient (Wildman–Crippen LogP) is 0.992. The van der Waals surface area contributed by atoms with E-state index in [0.717, 1.165) is 11.1 Å². The van der Waals surface area contributed by atoms with Crippen LogP contribution in [-0.4, -0.2) is 12.1 Å². The van der Waals surface area contributed by atoms with Crippen molar-refractivity contribution in [3.8, 4) is 0 Å². The number of nitrogens with one attached hydrogen (secondary N) is 1. The standard InChI is InChI=1S/C11H13N3O/c1-4-5-9(12)14-11(15)10-8(3)7(2)6-13-10/h4,6H,2,12H2,1,3H3,(H,14,15). The molecule has 0 radical (unpaired) electrons. The van der Waals surface area contributed by atoms with E-state index >= 15 is 0 Å². The Morgan fingerprint density at radius 1 is 1.73 bits per heavy atom. The van der Waals surface area contributed by atoms with Gasteiger partial charge in [-0.1, -0.05) is 12.3 Å². The average molecular weight is 203 g/mol. The second kappa shape index (κ2) is 4.44. The van der Waals surface area contributed by atoms with Crippen molar-refractivity contribution in [2.45, 2.75) is 13.8 Å². The number of hydrogen-bond donors (Lipinski definition) is 2. The first-order valence-electron chi connectivity index (χ1n) is 4.48. The van der Waals surface area contributed by atoms with E-state index in [1.165, 1.54) is 0 Å². The highest BCUT2D eigenvalue weighted by atomic mass is 16.2. The number of carbonyl (C=O) groups excluding carboxylic acids is 1. The van der Waals surface area contributed by atoms with E-state index in [1.54, 1.807) is 26.1 Å². The molecule has 0 unspecified atom stereocenters. The molecule has 0 bridgehead atoms. The second-order valence-electron chi connectivity index (χ2n) is 3.06. The van der Waals surface area contributed by atoms with Gasteiger partial charge in [-0.25, -0.2) is 0 Å². The van der Waals surface area contributed by atoms with Gasteiger partial charge < -0.3 is 11.1 Å². The molecular weight excluding hydrogens is 190 g/mol. The zero-order valence-corrected chi connectivity index (χ0v) is 8.79. The molecule has 0 aromatic carbocycles. The molecule has 4 nitrogen and oxygen atoms in total. The maximum Gasteiger partial charge on any atom is 0.276 e. The first-order chi connectivity index (χ1) is 7.06. The fourth-order valence-electron chi connectivity index (χ4n) is 1.09. The molecule has 3 N–H and O–H groups in total. The van der Waals surface area contributed by atoms with Gasteiger partial charge in [0, 0.05) is 6.21 Å². The van der Waals surface area contributed by atoms with Crippen molar-refractivity contribution in [2.24, 2.45) is 10.7 Å². The lowest BCUT2D eigenvalue weighted by molar-refractivity contribution is -0.116. The van der Waals surface area contributed by atoms with Gasteiger partial charge >= 0.3 is 0 Å². The molecule has 1 rings (SSSR count). The maximum absolute atomic E-state index is 11.6. The molecule has 0 aromatic heterocycles. The van der Waals surface area contributed by atoms with Gasteiger partial charge in [0.1, 0.15) is 11.5 Å². The fraction of sp³-hybridized carbons (Fsp3) is 0.182. The Morgan fingerprint density at radius 2 is 2.40 bits per heavy atom. The molecule has 0 atom stereocenters. The van der Waals surface area contributed by atoms with Crippen LogP contribution in [0.15, 0.2) is 46.0 Å². The van der Waals surface area contributed by atoms with Gasteiger partial charge in [-0.15, -0.1) is 0 Å². The topological polar surface area (TPSA) is 67.5 Å². The number of rotatable bonds is 2. The smallest absolute Gasteiger partial charge is 0.276 e. The number of hydrogen-bond acceptors (Lipinski definition) is 3. The highest BCUT2D eigenvalue weighted by Gasteiger charge is 2.17. The molecule has 1 heterocycles. The van der Waals surface area contributed by atoms with Crippen LogP contribution in [0.4, 0.5) is 0 Å². The number of amides is 1. The predicted molar refractivity (Wildman–Crippen MR) is 59.9 cm³/mol. The number of aliphatic imine (C=N–C) groups is 1. The number of nitrogens with two attached hydrogens (primary N) is 1. The summed E-state index contributed by atoms with van der Waals surface area (Å²) in [4.78, 5) is 15.6. The Balaban J connectivity index is 2.85. The molecule has 0 saturated heterocycles. The summed E-state index contributed by atoms with van der Waals surface area (Å²) < 4.78 is 0. The van der Waals surface area contributed by atoms with E-state index < -0.39 is 0 Å². The van der Waals surface area contributed by atoms with E-state index in [0.29, 0.717) is 5.70 Å². The molecular formula is C11H13N3O. The largest absolute Gasteiger partial charge is 0.379 e. The van der Waals surface area contributed by atoms with Gasteiger partial charge in [0.05, 0.1) is 0 Å². The Bertz CT molecular complexity index is 435. The minimum atomic E-state index is -0.339. The maximum atomic E-state index is 11.6. The summed E-state index contributed by atoms with van der Waals surface area (Å²) in [6.45, 7) is 7.29. The van der Waals surface area contributed by atoms with Crippen LogP contribution in [0, 0.1) is 0 Å². The van der Waals surface area contributed by atoms with Crippen molar-refractivity contribution in [2.75, 3.05) is 0 Å². The van der Waals surface area contributed by atoms with Crippen molar-refractivity contribution < 1.29 is 4.79 Å². The van der Waals surface area contributed by atoms with E-state index in [1.807, 2.05) is 0 Å². The lowest BCUT2D eigenvalue weighted by Crippen LogP contribution is -2.27. The third-order valence-electron chi connectivity index (χ3n) is 1.95. The fourth-order valence-corrected chi connectivity index (χ4v) is 1.09. The van der Waals surface area contributed by atoms with Crippen LogP contribution >= 0.6 is 0 Å². The second-order valence-corrected chi connectivity index (χ2v) is 3.06. The van der Waals surface area contributed by atoms with E-state index in [2.05, 4.69) is 22.6 Å². The van der Waals surface area contributed by atoms with Crippen LogP contribution in [0.1, 0.15) is 13.8 Å². The van der Waals surface area contributed by atoms with Gasteiger partial charge in [-0.2, -0.15) is 0 Å². The van der Waals surface area contributed by atoms with Crippen LogP contribution in [-0.2, 0) is 4.79 Å². The van der Waals surface area contributed by atoms with Crippen molar-refractivity contribution in [3.63, 3.8) is 0 Å². The van der Waals surface area contributed by atoms with E-state index in [9.17, 15) is 4.79 Å². The summed E-state index contributed by atoms with van der Waals surface area (Å²) in [5.74, 6) is -0.162. The Labute approximate surface area is 88.6 Å². The molecule has 0 saturated carbocycles. The third kappa shape index (κ3) is 2.45. The Kier molecular flexibility index (Phi) is 3.26. The highest BCUT2D eigenvalue weighted by molar-refractivity contribution is 6.03. The Morgan fingerprint density at radius 3 is 2.87 bits per heavy atom. The van der Waals surface area contributed by atoms with Crippen molar-refractivity contribution in [1.82, 2.24) is 5.32 Å². The number of allylic oxidation sites excluding steroid dienone is 3. The lowest BCUT2D eigenvalue weighted by atomic mass is 10.1. The number of nitrogens with zero attached hydrogens (tertiary/aromatic N) is 1. The van der Waals surface area contributed by atoms with Crippen molar-refractivity contribution >= 4 is 12.1 Å². The van der Waals surface area contributed by atoms with Crippen molar-refractivity contribution in [3.05, 3.63) is 41.1 Å². The first kappa shape index (κ1) is 11.0. The van der Waals surface area contributed by atoms with Gasteiger partial charge in [-0.05, 0) is 31.1 Å². The van der Waals surface area contributed by atoms with Gasteiger partial charge in [0.2, 0.25) is 0 Å². The van der Waals surface area contributed by atoms with Crippen LogP contribution in [0.2, 0.25) is 0 Å². The van der Waals surface area contributed by atoms with Crippen molar-refractivity contribution in [1.29, 1.82) is 0 Å². The molecule has 1 amide bonds. The molecule has 0 spiro atoms.